The van der Waals surface area contributed by atoms with Crippen molar-refractivity contribution in [2.75, 3.05) is 0 Å². The molecule has 0 atom stereocenters. The molecule has 0 aromatic heterocycles. The van der Waals surface area contributed by atoms with Crippen LogP contribution in [0.5, 0.6) is 0 Å². The van der Waals surface area contributed by atoms with Gasteiger partial charge in [0.15, 0.2) is 0 Å². The van der Waals surface area contributed by atoms with Gasteiger partial charge in [-0.25, -0.2) is 8.78 Å². The summed E-state index contributed by atoms with van der Waals surface area (Å²) in [6.45, 7) is 3.92. The third kappa shape index (κ3) is 1.99. The van der Waals surface area contributed by atoms with E-state index in [1.54, 1.807) is 48.6 Å². The summed E-state index contributed by atoms with van der Waals surface area (Å²) in [7, 11) is 0. The number of hydrogen-bond acceptors (Lipinski definition) is 0. The minimum absolute atomic E-state index is 0.323. The lowest BCUT2D eigenvalue weighted by Crippen LogP contribution is -1.94. The van der Waals surface area contributed by atoms with Gasteiger partial charge in [0.2, 0.25) is 0 Å². The van der Waals surface area contributed by atoms with E-state index in [-0.39, 0.29) is 11.6 Å². The van der Waals surface area contributed by atoms with Crippen LogP contribution in [-0.2, 0) is 0 Å². The van der Waals surface area contributed by atoms with E-state index in [2.05, 4.69) is 6.58 Å². The molecule has 0 spiro atoms. The molecule has 20 heavy (non-hydrogen) atoms. The summed E-state index contributed by atoms with van der Waals surface area (Å²) in [6.07, 6.45) is 3.56. The van der Waals surface area contributed by atoms with Gasteiger partial charge in [-0.05, 0) is 28.9 Å². The minimum Gasteiger partial charge on any atom is -0.206 e. The smallest absolute Gasteiger partial charge is 0.131 e. The normalized spacial score (nSPS) is 14.2. The second kappa shape index (κ2) is 4.89. The van der Waals surface area contributed by atoms with Gasteiger partial charge in [-0.3, -0.25) is 0 Å². The van der Waals surface area contributed by atoms with Crippen molar-refractivity contribution < 1.29 is 8.78 Å². The van der Waals surface area contributed by atoms with Gasteiger partial charge in [0.1, 0.15) is 11.6 Å². The van der Waals surface area contributed by atoms with E-state index >= 15 is 0 Å². The quantitative estimate of drug-likeness (QED) is 0.717. The summed E-state index contributed by atoms with van der Waals surface area (Å²) >= 11 is 0. The van der Waals surface area contributed by atoms with E-state index in [1.165, 1.54) is 12.1 Å². The lowest BCUT2D eigenvalue weighted by atomic mass is 9.94. The van der Waals surface area contributed by atoms with Gasteiger partial charge >= 0.3 is 0 Å². The standard InChI is InChI=1S/C18H12F2/c1-12-10-11-14(13-6-2-4-8-16(13)19)18(12)15-7-3-5-9-17(15)20/h2-11H,1H2. The first-order chi connectivity index (χ1) is 9.68. The van der Waals surface area contributed by atoms with Crippen molar-refractivity contribution in [1.29, 1.82) is 0 Å². The Kier molecular flexibility index (Phi) is 3.07. The minimum atomic E-state index is -0.332. The molecule has 2 heteroatoms. The third-order valence-electron chi connectivity index (χ3n) is 3.35. The number of allylic oxidation sites excluding steroid dienone is 5. The Morgan fingerprint density at radius 3 is 1.85 bits per heavy atom. The Bertz CT molecular complexity index is 704. The van der Waals surface area contributed by atoms with Crippen molar-refractivity contribution in [1.82, 2.24) is 0 Å². The molecule has 0 aliphatic heterocycles. The van der Waals surface area contributed by atoms with Crippen LogP contribution in [0.4, 0.5) is 8.78 Å². The third-order valence-corrected chi connectivity index (χ3v) is 3.35. The molecular formula is C18H12F2. The van der Waals surface area contributed by atoms with E-state index in [0.29, 0.717) is 27.8 Å². The van der Waals surface area contributed by atoms with Crippen LogP contribution in [0.25, 0.3) is 11.1 Å². The van der Waals surface area contributed by atoms with Crippen LogP contribution < -0.4 is 0 Å². The van der Waals surface area contributed by atoms with Crippen molar-refractivity contribution in [3.8, 4) is 0 Å². The van der Waals surface area contributed by atoms with Crippen LogP contribution in [0, 0.1) is 11.6 Å². The average molecular weight is 266 g/mol. The van der Waals surface area contributed by atoms with Gasteiger partial charge in [0.25, 0.3) is 0 Å². The highest BCUT2D eigenvalue weighted by atomic mass is 19.1. The predicted octanol–water partition coefficient (Wildman–Crippen LogP) is 5.00. The molecule has 3 rings (SSSR count). The molecule has 2 aromatic carbocycles. The van der Waals surface area contributed by atoms with Crippen LogP contribution in [0.2, 0.25) is 0 Å². The number of hydrogen-bond donors (Lipinski definition) is 0. The summed E-state index contributed by atoms with van der Waals surface area (Å²) in [4.78, 5) is 0. The molecule has 0 bridgehead atoms. The first-order valence-corrected chi connectivity index (χ1v) is 6.30. The van der Waals surface area contributed by atoms with Gasteiger partial charge in [-0.15, -0.1) is 0 Å². The largest absolute Gasteiger partial charge is 0.206 e. The van der Waals surface area contributed by atoms with E-state index in [4.69, 9.17) is 0 Å². The molecule has 0 nitrogen and oxygen atoms in total. The Morgan fingerprint density at radius 1 is 0.700 bits per heavy atom. The fraction of sp³-hybridized carbons (Fsp3) is 0. The molecule has 0 saturated carbocycles. The molecule has 0 saturated heterocycles. The fourth-order valence-corrected chi connectivity index (χ4v) is 2.41. The Balaban J connectivity index is 2.26. The highest BCUT2D eigenvalue weighted by Gasteiger charge is 2.20. The molecule has 1 aliphatic rings. The van der Waals surface area contributed by atoms with Crippen molar-refractivity contribution >= 4 is 11.1 Å². The van der Waals surface area contributed by atoms with E-state index < -0.39 is 0 Å². The fourth-order valence-electron chi connectivity index (χ4n) is 2.41. The van der Waals surface area contributed by atoms with E-state index in [1.807, 2.05) is 0 Å². The molecule has 0 amide bonds. The Hall–Kier alpha value is -2.48. The first kappa shape index (κ1) is 12.5. The summed E-state index contributed by atoms with van der Waals surface area (Å²) in [5.41, 5.74) is 2.90. The highest BCUT2D eigenvalue weighted by molar-refractivity contribution is 6.06. The maximum absolute atomic E-state index is 14.0. The summed E-state index contributed by atoms with van der Waals surface area (Å²) in [5.74, 6) is -0.656. The number of halogens is 2. The lowest BCUT2D eigenvalue weighted by Gasteiger charge is -2.11. The van der Waals surface area contributed by atoms with Crippen LogP contribution in [0.1, 0.15) is 11.1 Å². The SMILES string of the molecule is C=C1C=CC(c2ccccc2F)=C1c1ccccc1F. The molecule has 2 aromatic rings. The van der Waals surface area contributed by atoms with Gasteiger partial charge < -0.3 is 0 Å². The lowest BCUT2D eigenvalue weighted by molar-refractivity contribution is 0.622. The van der Waals surface area contributed by atoms with Gasteiger partial charge in [0.05, 0.1) is 0 Å². The molecule has 0 fully saturated rings. The van der Waals surface area contributed by atoms with Crippen molar-refractivity contribution in [2.24, 2.45) is 0 Å². The Labute approximate surface area is 116 Å². The topological polar surface area (TPSA) is 0 Å². The molecule has 0 heterocycles. The zero-order chi connectivity index (χ0) is 14.1. The van der Waals surface area contributed by atoms with Crippen LogP contribution in [0.15, 0.2) is 72.8 Å². The summed E-state index contributed by atoms with van der Waals surface area (Å²) in [5, 5.41) is 0. The zero-order valence-corrected chi connectivity index (χ0v) is 10.7. The van der Waals surface area contributed by atoms with E-state index in [9.17, 15) is 8.78 Å². The summed E-state index contributed by atoms with van der Waals surface area (Å²) < 4.78 is 28.0. The number of rotatable bonds is 2. The second-order valence-corrected chi connectivity index (χ2v) is 4.61. The molecular weight excluding hydrogens is 254 g/mol. The molecule has 1 aliphatic carbocycles. The van der Waals surface area contributed by atoms with Crippen LogP contribution in [0.3, 0.4) is 0 Å². The van der Waals surface area contributed by atoms with Gasteiger partial charge in [0, 0.05) is 11.1 Å². The van der Waals surface area contributed by atoms with Crippen molar-refractivity contribution in [3.63, 3.8) is 0 Å². The zero-order valence-electron chi connectivity index (χ0n) is 10.7. The van der Waals surface area contributed by atoms with Crippen molar-refractivity contribution in [3.05, 3.63) is 95.6 Å². The van der Waals surface area contributed by atoms with E-state index in [0.717, 1.165) is 0 Å². The molecule has 98 valence electrons. The summed E-state index contributed by atoms with van der Waals surface area (Å²) in [6, 6.07) is 13.0. The highest BCUT2D eigenvalue weighted by Crippen LogP contribution is 2.39. The predicted molar refractivity (Wildman–Crippen MR) is 77.9 cm³/mol. The van der Waals surface area contributed by atoms with Gasteiger partial charge in [-0.1, -0.05) is 55.1 Å². The maximum Gasteiger partial charge on any atom is 0.131 e. The molecule has 0 N–H and O–H groups in total. The monoisotopic (exact) mass is 266 g/mol. The average Bonchev–Trinajstić information content (AvgIpc) is 2.82. The second-order valence-electron chi connectivity index (χ2n) is 4.61. The van der Waals surface area contributed by atoms with Crippen LogP contribution >= 0.6 is 0 Å². The molecule has 0 radical (unpaired) electrons. The maximum atomic E-state index is 14.0. The van der Waals surface area contributed by atoms with Crippen molar-refractivity contribution in [2.45, 2.75) is 0 Å². The molecule has 0 unspecified atom stereocenters. The Morgan fingerprint density at radius 2 is 1.25 bits per heavy atom. The number of benzene rings is 2. The van der Waals surface area contributed by atoms with Crippen LogP contribution in [-0.4, -0.2) is 0 Å². The van der Waals surface area contributed by atoms with Gasteiger partial charge in [-0.2, -0.15) is 0 Å². The first-order valence-electron chi connectivity index (χ1n) is 6.30.